The first-order chi connectivity index (χ1) is 8.79. The molecule has 2 aliphatic rings. The highest BCUT2D eigenvalue weighted by molar-refractivity contribution is 4.79. The Morgan fingerprint density at radius 2 is 1.83 bits per heavy atom. The van der Waals surface area contributed by atoms with Crippen LogP contribution in [0.3, 0.4) is 0 Å². The second kappa shape index (κ2) is 7.43. The van der Waals surface area contributed by atoms with E-state index < -0.39 is 0 Å². The first kappa shape index (κ1) is 14.3. The molecule has 0 spiro atoms. The van der Waals surface area contributed by atoms with Gasteiger partial charge in [-0.05, 0) is 33.0 Å². The van der Waals surface area contributed by atoms with E-state index in [1.165, 1.54) is 71.7 Å². The smallest absolute Gasteiger partial charge is 0.0220 e. The number of rotatable bonds is 4. The molecule has 0 saturated carbocycles. The number of nitrogens with one attached hydrogen (secondary N) is 1. The molecular weight excluding hydrogens is 224 g/mol. The fourth-order valence-corrected chi connectivity index (χ4v) is 3.18. The van der Waals surface area contributed by atoms with Gasteiger partial charge in [-0.25, -0.2) is 0 Å². The van der Waals surface area contributed by atoms with E-state index in [1.54, 1.807) is 0 Å². The van der Waals surface area contributed by atoms with Crippen molar-refractivity contribution >= 4 is 0 Å². The zero-order valence-corrected chi connectivity index (χ0v) is 12.2. The quantitative estimate of drug-likeness (QED) is 0.779. The maximum atomic E-state index is 3.43. The summed E-state index contributed by atoms with van der Waals surface area (Å²) in [4.78, 5) is 7.84. The van der Waals surface area contributed by atoms with Gasteiger partial charge in [0, 0.05) is 51.9 Å². The van der Waals surface area contributed by atoms with Gasteiger partial charge in [-0.15, -0.1) is 0 Å². The van der Waals surface area contributed by atoms with Crippen LogP contribution in [0.1, 0.15) is 19.8 Å². The van der Waals surface area contributed by atoms with Crippen LogP contribution < -0.4 is 5.32 Å². The molecule has 0 aromatic carbocycles. The number of hydrogen-bond acceptors (Lipinski definition) is 4. The summed E-state index contributed by atoms with van der Waals surface area (Å²) in [5.74, 6) is 0. The normalized spacial score (nSPS) is 29.3. The van der Waals surface area contributed by atoms with Crippen molar-refractivity contribution in [3.8, 4) is 0 Å². The molecule has 2 fully saturated rings. The average molecular weight is 254 g/mol. The molecule has 0 bridgehead atoms. The highest BCUT2D eigenvalue weighted by Gasteiger charge is 2.22. The largest absolute Gasteiger partial charge is 0.314 e. The lowest BCUT2D eigenvalue weighted by Gasteiger charge is -2.33. The van der Waals surface area contributed by atoms with Crippen molar-refractivity contribution in [1.82, 2.24) is 20.0 Å². The standard InChI is InChI=1S/C14H30N4/c1-3-14-13-16(2)7-4-8-18(14)12-11-17-9-5-15-6-10-17/h14-15H,3-13H2,1-2H3. The van der Waals surface area contributed by atoms with Gasteiger partial charge in [0.1, 0.15) is 0 Å². The summed E-state index contributed by atoms with van der Waals surface area (Å²) in [6.45, 7) is 13.4. The summed E-state index contributed by atoms with van der Waals surface area (Å²) in [7, 11) is 2.27. The van der Waals surface area contributed by atoms with Gasteiger partial charge in [-0.1, -0.05) is 6.92 Å². The van der Waals surface area contributed by atoms with Crippen molar-refractivity contribution in [2.45, 2.75) is 25.8 Å². The van der Waals surface area contributed by atoms with Crippen molar-refractivity contribution in [1.29, 1.82) is 0 Å². The fourth-order valence-electron chi connectivity index (χ4n) is 3.18. The number of nitrogens with zero attached hydrogens (tertiary/aromatic N) is 3. The van der Waals surface area contributed by atoms with Crippen LogP contribution >= 0.6 is 0 Å². The van der Waals surface area contributed by atoms with E-state index in [-0.39, 0.29) is 0 Å². The molecular formula is C14H30N4. The molecule has 0 aliphatic carbocycles. The maximum absolute atomic E-state index is 3.43. The van der Waals surface area contributed by atoms with Crippen LogP contribution in [0.4, 0.5) is 0 Å². The molecule has 18 heavy (non-hydrogen) atoms. The average Bonchev–Trinajstić information content (AvgIpc) is 2.59. The van der Waals surface area contributed by atoms with Crippen molar-refractivity contribution in [3.63, 3.8) is 0 Å². The molecule has 1 unspecified atom stereocenters. The molecule has 4 nitrogen and oxygen atoms in total. The van der Waals surface area contributed by atoms with Gasteiger partial charge in [0.2, 0.25) is 0 Å². The Kier molecular flexibility index (Phi) is 5.89. The van der Waals surface area contributed by atoms with Crippen LogP contribution in [-0.2, 0) is 0 Å². The summed E-state index contributed by atoms with van der Waals surface area (Å²) < 4.78 is 0. The Labute approximate surface area is 112 Å². The number of likely N-dealkylation sites (N-methyl/N-ethyl adjacent to an activating group) is 1. The van der Waals surface area contributed by atoms with Crippen LogP contribution in [0.15, 0.2) is 0 Å². The van der Waals surface area contributed by atoms with Gasteiger partial charge in [0.05, 0.1) is 0 Å². The molecule has 0 aromatic heterocycles. The second-order valence-electron chi connectivity index (χ2n) is 5.81. The number of hydrogen-bond donors (Lipinski definition) is 1. The predicted molar refractivity (Wildman–Crippen MR) is 77.1 cm³/mol. The third-order valence-electron chi connectivity index (χ3n) is 4.41. The summed E-state index contributed by atoms with van der Waals surface area (Å²) in [6, 6.07) is 0.764. The molecule has 2 rings (SSSR count). The van der Waals surface area contributed by atoms with Gasteiger partial charge in [0.25, 0.3) is 0 Å². The zero-order valence-electron chi connectivity index (χ0n) is 12.2. The minimum atomic E-state index is 0.764. The van der Waals surface area contributed by atoms with E-state index in [4.69, 9.17) is 0 Å². The van der Waals surface area contributed by atoms with Crippen LogP contribution in [-0.4, -0.2) is 86.7 Å². The lowest BCUT2D eigenvalue weighted by Crippen LogP contribution is -2.48. The first-order valence-corrected chi connectivity index (χ1v) is 7.65. The van der Waals surface area contributed by atoms with Crippen LogP contribution in [0, 0.1) is 0 Å². The SMILES string of the molecule is CCC1CN(C)CCCN1CCN1CCNCC1. The molecule has 106 valence electrons. The van der Waals surface area contributed by atoms with Crippen molar-refractivity contribution in [2.75, 3.05) is 66.0 Å². The highest BCUT2D eigenvalue weighted by atomic mass is 15.3. The molecule has 1 atom stereocenters. The van der Waals surface area contributed by atoms with Crippen LogP contribution in [0.25, 0.3) is 0 Å². The van der Waals surface area contributed by atoms with Crippen molar-refractivity contribution in [2.24, 2.45) is 0 Å². The van der Waals surface area contributed by atoms with E-state index in [0.717, 1.165) is 6.04 Å². The highest BCUT2D eigenvalue weighted by Crippen LogP contribution is 2.11. The lowest BCUT2D eigenvalue weighted by molar-refractivity contribution is 0.147. The summed E-state index contributed by atoms with van der Waals surface area (Å²) in [5, 5.41) is 3.43. The molecule has 0 radical (unpaired) electrons. The molecule has 0 amide bonds. The fraction of sp³-hybridized carbons (Fsp3) is 1.00. The topological polar surface area (TPSA) is 21.8 Å². The minimum absolute atomic E-state index is 0.764. The Morgan fingerprint density at radius 1 is 1.06 bits per heavy atom. The Bertz CT molecular complexity index is 228. The summed E-state index contributed by atoms with van der Waals surface area (Å²) >= 11 is 0. The zero-order chi connectivity index (χ0) is 12.8. The Hall–Kier alpha value is -0.160. The van der Waals surface area contributed by atoms with Crippen molar-refractivity contribution < 1.29 is 0 Å². The maximum Gasteiger partial charge on any atom is 0.0220 e. The number of piperazine rings is 1. The monoisotopic (exact) mass is 254 g/mol. The third-order valence-corrected chi connectivity index (χ3v) is 4.41. The molecule has 1 N–H and O–H groups in total. The van der Waals surface area contributed by atoms with E-state index >= 15 is 0 Å². The van der Waals surface area contributed by atoms with Gasteiger partial charge < -0.3 is 10.2 Å². The van der Waals surface area contributed by atoms with E-state index in [2.05, 4.69) is 34.0 Å². The van der Waals surface area contributed by atoms with E-state index in [0.29, 0.717) is 0 Å². The van der Waals surface area contributed by atoms with Crippen molar-refractivity contribution in [3.05, 3.63) is 0 Å². The Balaban J connectivity index is 1.78. The van der Waals surface area contributed by atoms with Crippen LogP contribution in [0.2, 0.25) is 0 Å². The second-order valence-corrected chi connectivity index (χ2v) is 5.81. The molecule has 2 heterocycles. The van der Waals surface area contributed by atoms with Crippen LogP contribution in [0.5, 0.6) is 0 Å². The summed E-state index contributed by atoms with van der Waals surface area (Å²) in [5.41, 5.74) is 0. The van der Waals surface area contributed by atoms with Gasteiger partial charge in [0.15, 0.2) is 0 Å². The lowest BCUT2D eigenvalue weighted by atomic mass is 10.2. The van der Waals surface area contributed by atoms with Gasteiger partial charge >= 0.3 is 0 Å². The minimum Gasteiger partial charge on any atom is -0.314 e. The predicted octanol–water partition coefficient (Wildman–Crippen LogP) is 0.308. The summed E-state index contributed by atoms with van der Waals surface area (Å²) in [6.07, 6.45) is 2.61. The first-order valence-electron chi connectivity index (χ1n) is 7.65. The van der Waals surface area contributed by atoms with Gasteiger partial charge in [-0.2, -0.15) is 0 Å². The molecule has 0 aromatic rings. The van der Waals surface area contributed by atoms with E-state index in [9.17, 15) is 0 Å². The third kappa shape index (κ3) is 4.19. The molecule has 2 aliphatic heterocycles. The molecule has 4 heteroatoms. The van der Waals surface area contributed by atoms with Gasteiger partial charge in [-0.3, -0.25) is 9.80 Å². The Morgan fingerprint density at radius 3 is 2.56 bits per heavy atom. The molecule has 2 saturated heterocycles. The van der Waals surface area contributed by atoms with E-state index in [1.807, 2.05) is 0 Å².